The van der Waals surface area contributed by atoms with Crippen molar-refractivity contribution in [3.63, 3.8) is 0 Å². The highest BCUT2D eigenvalue weighted by molar-refractivity contribution is 5.59. The van der Waals surface area contributed by atoms with E-state index in [0.717, 1.165) is 29.1 Å². The van der Waals surface area contributed by atoms with E-state index in [0.29, 0.717) is 6.42 Å². The second-order valence-electron chi connectivity index (χ2n) is 6.32. The van der Waals surface area contributed by atoms with Gasteiger partial charge in [0.2, 0.25) is 11.4 Å². The molecule has 28 heavy (non-hydrogen) atoms. The Labute approximate surface area is 153 Å². The van der Waals surface area contributed by atoms with Gasteiger partial charge < -0.3 is 4.74 Å². The lowest BCUT2D eigenvalue weighted by molar-refractivity contribution is -0.275. The maximum atomic E-state index is 14.3. The number of hydrogen-bond acceptors (Lipinski definition) is 5. The summed E-state index contributed by atoms with van der Waals surface area (Å²) in [6.45, 7) is 0. The molecule has 3 aromatic heterocycles. The van der Waals surface area contributed by atoms with Gasteiger partial charge in [-0.1, -0.05) is 0 Å². The van der Waals surface area contributed by atoms with Crippen LogP contribution in [0.1, 0.15) is 31.5 Å². The minimum Gasteiger partial charge on any atom is -0.459 e. The number of pyridine rings is 1. The molecule has 148 valence electrons. The molecule has 3 aromatic rings. The predicted molar refractivity (Wildman–Crippen MR) is 82.2 cm³/mol. The number of nitrogens with zero attached hydrogens (tertiary/aromatic N) is 5. The molecular formula is C16H11F6N5O. The van der Waals surface area contributed by atoms with E-state index in [1.54, 1.807) is 0 Å². The molecule has 0 aliphatic heterocycles. The molecule has 6 nitrogen and oxygen atoms in total. The lowest BCUT2D eigenvalue weighted by Crippen LogP contribution is -2.55. The molecule has 1 fully saturated rings. The number of rotatable bonds is 4. The lowest BCUT2D eigenvalue weighted by atomic mass is 9.79. The fourth-order valence-corrected chi connectivity index (χ4v) is 2.88. The predicted octanol–water partition coefficient (Wildman–Crippen LogP) is 4.13. The van der Waals surface area contributed by atoms with Crippen LogP contribution in [0.3, 0.4) is 0 Å². The van der Waals surface area contributed by atoms with Crippen molar-refractivity contribution in [3.8, 4) is 17.1 Å². The average molecular weight is 403 g/mol. The van der Waals surface area contributed by atoms with Gasteiger partial charge in [-0.05, 0) is 25.3 Å². The summed E-state index contributed by atoms with van der Waals surface area (Å²) >= 11 is 0. The van der Waals surface area contributed by atoms with Crippen LogP contribution < -0.4 is 4.74 Å². The van der Waals surface area contributed by atoms with Gasteiger partial charge in [-0.2, -0.15) is 13.2 Å². The molecule has 0 bridgehead atoms. The Balaban J connectivity index is 1.66. The number of halogens is 6. The van der Waals surface area contributed by atoms with Crippen LogP contribution in [0, 0.1) is 5.82 Å². The van der Waals surface area contributed by atoms with Gasteiger partial charge in [0.05, 0.1) is 11.9 Å². The van der Waals surface area contributed by atoms with Crippen molar-refractivity contribution in [3.05, 3.63) is 36.3 Å². The van der Waals surface area contributed by atoms with Gasteiger partial charge in [0, 0.05) is 18.0 Å². The number of alkyl halides is 5. The molecule has 4 rings (SSSR count). The van der Waals surface area contributed by atoms with Crippen LogP contribution in [0.5, 0.6) is 5.88 Å². The van der Waals surface area contributed by atoms with E-state index in [9.17, 15) is 26.3 Å². The molecule has 0 amide bonds. The van der Waals surface area contributed by atoms with Crippen molar-refractivity contribution in [1.29, 1.82) is 0 Å². The molecule has 0 aromatic carbocycles. The second-order valence-corrected chi connectivity index (χ2v) is 6.32. The monoisotopic (exact) mass is 403 g/mol. The summed E-state index contributed by atoms with van der Waals surface area (Å²) in [6.07, 6.45) is -4.40. The third-order valence-electron chi connectivity index (χ3n) is 4.59. The highest BCUT2D eigenvalue weighted by Gasteiger charge is 2.61. The molecule has 0 atom stereocenters. The van der Waals surface area contributed by atoms with Crippen LogP contribution >= 0.6 is 0 Å². The summed E-state index contributed by atoms with van der Waals surface area (Å²) in [7, 11) is 0. The zero-order valence-corrected chi connectivity index (χ0v) is 13.9. The van der Waals surface area contributed by atoms with Gasteiger partial charge in [-0.3, -0.25) is 9.38 Å². The summed E-state index contributed by atoms with van der Waals surface area (Å²) in [6, 6.07) is 0.881. The smallest absolute Gasteiger partial charge is 0.428 e. The summed E-state index contributed by atoms with van der Waals surface area (Å²) < 4.78 is 85.6. The lowest BCUT2D eigenvalue weighted by Gasteiger charge is -2.42. The number of hydrogen-bond donors (Lipinski definition) is 0. The van der Waals surface area contributed by atoms with E-state index in [1.807, 2.05) is 0 Å². The van der Waals surface area contributed by atoms with E-state index in [4.69, 9.17) is 4.74 Å². The van der Waals surface area contributed by atoms with Gasteiger partial charge >= 0.3 is 6.18 Å². The Morgan fingerprint density at radius 1 is 1.11 bits per heavy atom. The Kier molecular flexibility index (Phi) is 4.16. The topological polar surface area (TPSA) is 65.2 Å². The Bertz CT molecular complexity index is 1030. The van der Waals surface area contributed by atoms with Crippen LogP contribution in [-0.4, -0.2) is 36.3 Å². The normalized spacial score (nSPS) is 16.4. The molecular weight excluding hydrogens is 392 g/mol. The molecule has 1 saturated carbocycles. The van der Waals surface area contributed by atoms with Crippen molar-refractivity contribution in [2.45, 2.75) is 37.5 Å². The Morgan fingerprint density at radius 3 is 2.43 bits per heavy atom. The van der Waals surface area contributed by atoms with Gasteiger partial charge in [-0.15, -0.1) is 10.2 Å². The maximum absolute atomic E-state index is 14.3. The van der Waals surface area contributed by atoms with Crippen molar-refractivity contribution >= 4 is 5.65 Å². The maximum Gasteiger partial charge on any atom is 0.428 e. The Hall–Kier alpha value is -2.92. The number of aromatic nitrogens is 5. The van der Waals surface area contributed by atoms with Crippen molar-refractivity contribution in [2.75, 3.05) is 0 Å². The van der Waals surface area contributed by atoms with E-state index in [-0.39, 0.29) is 29.7 Å². The molecule has 1 aliphatic rings. The highest BCUT2D eigenvalue weighted by Crippen LogP contribution is 2.48. The van der Waals surface area contributed by atoms with Crippen LogP contribution in [0.25, 0.3) is 16.9 Å². The number of ether oxygens (including phenoxy) is 1. The van der Waals surface area contributed by atoms with Gasteiger partial charge in [0.25, 0.3) is 12.3 Å². The summed E-state index contributed by atoms with van der Waals surface area (Å²) in [4.78, 5) is 7.60. The third-order valence-corrected chi connectivity index (χ3v) is 4.59. The van der Waals surface area contributed by atoms with E-state index >= 15 is 0 Å². The summed E-state index contributed by atoms with van der Waals surface area (Å²) in [5.74, 6) is -2.52. The summed E-state index contributed by atoms with van der Waals surface area (Å²) in [5, 5.41) is 6.89. The van der Waals surface area contributed by atoms with Gasteiger partial charge in [-0.25, -0.2) is 18.2 Å². The zero-order chi connectivity index (χ0) is 20.1. The van der Waals surface area contributed by atoms with E-state index in [1.165, 1.54) is 0 Å². The van der Waals surface area contributed by atoms with Gasteiger partial charge in [0.1, 0.15) is 0 Å². The van der Waals surface area contributed by atoms with E-state index < -0.39 is 35.7 Å². The van der Waals surface area contributed by atoms with Crippen molar-refractivity contribution < 1.29 is 31.1 Å². The molecule has 3 heterocycles. The quantitative estimate of drug-likeness (QED) is 0.613. The van der Waals surface area contributed by atoms with Crippen molar-refractivity contribution in [2.24, 2.45) is 0 Å². The molecule has 0 radical (unpaired) electrons. The minimum atomic E-state index is -4.65. The molecule has 1 aliphatic carbocycles. The largest absolute Gasteiger partial charge is 0.459 e. The first-order valence-corrected chi connectivity index (χ1v) is 8.11. The molecule has 0 spiro atoms. The number of fused-ring (bicyclic) bond motifs is 1. The second kappa shape index (κ2) is 6.31. The summed E-state index contributed by atoms with van der Waals surface area (Å²) in [5.41, 5.74) is -2.25. The van der Waals surface area contributed by atoms with Crippen LogP contribution in [-0.2, 0) is 0 Å². The highest BCUT2D eigenvalue weighted by atomic mass is 19.4. The standard InChI is InChI=1S/C16H11F6N5O/c17-9-4-8(5-24-14(9)28-15(2-1-3-15)16(20,21)22)10-7-27-11(6-23-10)25-26-13(27)12(18)19/h4-7,12H,1-3H2. The van der Waals surface area contributed by atoms with Crippen LogP contribution in [0.4, 0.5) is 26.3 Å². The SMILES string of the molecule is Fc1cc(-c2cn3c(C(F)F)nnc3cn2)cnc1OC1(C(F)(F)F)CCC1. The molecule has 0 N–H and O–H groups in total. The first-order valence-electron chi connectivity index (χ1n) is 8.11. The molecule has 0 saturated heterocycles. The zero-order valence-electron chi connectivity index (χ0n) is 13.9. The fraction of sp³-hybridized carbons (Fsp3) is 0.375. The van der Waals surface area contributed by atoms with Gasteiger partial charge in [0.15, 0.2) is 11.5 Å². The fourth-order valence-electron chi connectivity index (χ4n) is 2.88. The molecule has 0 unspecified atom stereocenters. The minimum absolute atomic E-state index is 0.0568. The third kappa shape index (κ3) is 2.92. The molecule has 12 heteroatoms. The first-order chi connectivity index (χ1) is 13.2. The van der Waals surface area contributed by atoms with Crippen molar-refractivity contribution in [1.82, 2.24) is 24.6 Å². The van der Waals surface area contributed by atoms with E-state index in [2.05, 4.69) is 20.2 Å². The average Bonchev–Trinajstić information content (AvgIpc) is 3.01. The van der Waals surface area contributed by atoms with Crippen LogP contribution in [0.15, 0.2) is 24.7 Å². The van der Waals surface area contributed by atoms with Crippen LogP contribution in [0.2, 0.25) is 0 Å². The Morgan fingerprint density at radius 2 is 1.86 bits per heavy atom. The first kappa shape index (κ1) is 18.4.